The Hall–Kier alpha value is -2.89. The maximum Gasteiger partial charge on any atom is 0.227 e. The summed E-state index contributed by atoms with van der Waals surface area (Å²) >= 11 is 0. The maximum absolute atomic E-state index is 12.7. The van der Waals surface area contributed by atoms with Crippen LogP contribution in [0, 0.1) is 5.92 Å². The van der Waals surface area contributed by atoms with E-state index in [0.29, 0.717) is 26.2 Å². The zero-order chi connectivity index (χ0) is 19.9. The number of hydrogen-bond acceptors (Lipinski definition) is 4. The lowest BCUT2D eigenvalue weighted by molar-refractivity contribution is -0.134. The van der Waals surface area contributed by atoms with Crippen molar-refractivity contribution < 1.29 is 14.3 Å². The fraction of sp³-hybridized carbons (Fsp3) is 0.409. The van der Waals surface area contributed by atoms with Gasteiger partial charge in [-0.2, -0.15) is 0 Å². The van der Waals surface area contributed by atoms with E-state index in [1.165, 1.54) is 0 Å². The van der Waals surface area contributed by atoms with Crippen LogP contribution in [0.25, 0.3) is 0 Å². The quantitative estimate of drug-likeness (QED) is 0.705. The van der Waals surface area contributed by atoms with E-state index in [1.54, 1.807) is 23.0 Å². The molecule has 0 bridgehead atoms. The van der Waals surface area contributed by atoms with Gasteiger partial charge in [-0.3, -0.25) is 14.6 Å². The standard InChI is InChI=1S/C22H27N3O3/c1-3-17-8-4-5-10-20(17)28-13-12-24(2)22(27)18-14-21(26)25(15-18)16-19-9-6-7-11-23-19/h4-11,18H,3,12-16H2,1-2H3. The Labute approximate surface area is 166 Å². The lowest BCUT2D eigenvalue weighted by atomic mass is 10.1. The molecule has 2 aromatic rings. The number of carbonyl (C=O) groups excluding carboxylic acids is 2. The summed E-state index contributed by atoms with van der Waals surface area (Å²) in [6, 6.07) is 13.6. The molecule has 1 aromatic carbocycles. The Morgan fingerprint density at radius 3 is 2.79 bits per heavy atom. The number of carbonyl (C=O) groups is 2. The van der Waals surface area contributed by atoms with Crippen LogP contribution in [-0.4, -0.2) is 53.3 Å². The molecule has 1 saturated heterocycles. The molecule has 148 valence electrons. The van der Waals surface area contributed by atoms with E-state index in [9.17, 15) is 9.59 Å². The second-order valence-corrected chi connectivity index (χ2v) is 7.07. The molecule has 6 heteroatoms. The number of rotatable bonds is 8. The lowest BCUT2D eigenvalue weighted by Crippen LogP contribution is -2.37. The number of aryl methyl sites for hydroxylation is 1. The van der Waals surface area contributed by atoms with Crippen LogP contribution in [-0.2, 0) is 22.6 Å². The van der Waals surface area contributed by atoms with Gasteiger partial charge in [0.05, 0.1) is 24.7 Å². The van der Waals surface area contributed by atoms with Crippen molar-refractivity contribution >= 4 is 11.8 Å². The normalized spacial score (nSPS) is 16.3. The molecule has 0 aliphatic carbocycles. The fourth-order valence-corrected chi connectivity index (χ4v) is 3.43. The smallest absolute Gasteiger partial charge is 0.227 e. The molecular weight excluding hydrogens is 354 g/mol. The third kappa shape index (κ3) is 4.88. The maximum atomic E-state index is 12.7. The first-order valence-corrected chi connectivity index (χ1v) is 9.71. The zero-order valence-electron chi connectivity index (χ0n) is 16.5. The first-order chi connectivity index (χ1) is 13.6. The van der Waals surface area contributed by atoms with Gasteiger partial charge >= 0.3 is 0 Å². The summed E-state index contributed by atoms with van der Waals surface area (Å²) in [6.45, 7) is 3.90. The summed E-state index contributed by atoms with van der Waals surface area (Å²) in [5.74, 6) is 0.558. The van der Waals surface area contributed by atoms with Gasteiger partial charge < -0.3 is 14.5 Å². The van der Waals surface area contributed by atoms with Crippen LogP contribution in [0.5, 0.6) is 5.75 Å². The van der Waals surface area contributed by atoms with Crippen molar-refractivity contribution in [3.8, 4) is 5.75 Å². The summed E-state index contributed by atoms with van der Waals surface area (Å²) in [7, 11) is 1.77. The Morgan fingerprint density at radius 2 is 2.04 bits per heavy atom. The minimum absolute atomic E-state index is 0.00512. The van der Waals surface area contributed by atoms with Gasteiger partial charge in [-0.15, -0.1) is 0 Å². The van der Waals surface area contributed by atoms with Gasteiger partial charge in [0.2, 0.25) is 11.8 Å². The number of likely N-dealkylation sites (N-methyl/N-ethyl adjacent to an activating group) is 1. The summed E-state index contributed by atoms with van der Waals surface area (Å²) < 4.78 is 5.85. The predicted molar refractivity (Wildman–Crippen MR) is 107 cm³/mol. The number of hydrogen-bond donors (Lipinski definition) is 0. The highest BCUT2D eigenvalue weighted by molar-refractivity contribution is 5.89. The Balaban J connectivity index is 1.49. The van der Waals surface area contributed by atoms with Crippen molar-refractivity contribution in [1.82, 2.24) is 14.8 Å². The molecule has 1 atom stereocenters. The molecule has 0 radical (unpaired) electrons. The van der Waals surface area contributed by atoms with E-state index < -0.39 is 0 Å². The van der Waals surface area contributed by atoms with Gasteiger partial charge in [0.1, 0.15) is 12.4 Å². The molecule has 1 unspecified atom stereocenters. The number of benzene rings is 1. The van der Waals surface area contributed by atoms with Crippen LogP contribution in [0.4, 0.5) is 0 Å². The molecule has 1 aromatic heterocycles. The molecule has 1 aliphatic rings. The van der Waals surface area contributed by atoms with E-state index >= 15 is 0 Å². The molecule has 28 heavy (non-hydrogen) atoms. The largest absolute Gasteiger partial charge is 0.491 e. The van der Waals surface area contributed by atoms with E-state index in [-0.39, 0.29) is 24.2 Å². The minimum atomic E-state index is -0.302. The molecule has 1 aliphatic heterocycles. The summed E-state index contributed by atoms with van der Waals surface area (Å²) in [5, 5.41) is 0. The van der Waals surface area contributed by atoms with Crippen LogP contribution in [0.2, 0.25) is 0 Å². The van der Waals surface area contributed by atoms with E-state index in [0.717, 1.165) is 23.4 Å². The third-order valence-corrected chi connectivity index (χ3v) is 5.06. The van der Waals surface area contributed by atoms with Crippen molar-refractivity contribution in [2.75, 3.05) is 26.7 Å². The highest BCUT2D eigenvalue weighted by Gasteiger charge is 2.35. The van der Waals surface area contributed by atoms with Crippen LogP contribution in [0.3, 0.4) is 0 Å². The topological polar surface area (TPSA) is 62.7 Å². The van der Waals surface area contributed by atoms with E-state index in [4.69, 9.17) is 4.74 Å². The van der Waals surface area contributed by atoms with Crippen LogP contribution < -0.4 is 4.74 Å². The fourth-order valence-electron chi connectivity index (χ4n) is 3.43. The summed E-state index contributed by atoms with van der Waals surface area (Å²) in [4.78, 5) is 32.7. The number of pyridine rings is 1. The molecule has 3 rings (SSSR count). The Kier molecular flexibility index (Phi) is 6.63. The Bertz CT molecular complexity index is 810. The second kappa shape index (κ2) is 9.35. The number of para-hydroxylation sites is 1. The molecule has 0 spiro atoms. The number of amides is 2. The van der Waals surface area contributed by atoms with Crippen molar-refractivity contribution in [3.63, 3.8) is 0 Å². The van der Waals surface area contributed by atoms with Crippen LogP contribution in [0.1, 0.15) is 24.6 Å². The molecule has 2 heterocycles. The molecular formula is C22H27N3O3. The third-order valence-electron chi connectivity index (χ3n) is 5.06. The van der Waals surface area contributed by atoms with Gasteiger partial charge in [0.25, 0.3) is 0 Å². The number of likely N-dealkylation sites (tertiary alicyclic amines) is 1. The molecule has 6 nitrogen and oxygen atoms in total. The molecule has 0 saturated carbocycles. The zero-order valence-corrected chi connectivity index (χ0v) is 16.5. The van der Waals surface area contributed by atoms with Crippen LogP contribution in [0.15, 0.2) is 48.7 Å². The van der Waals surface area contributed by atoms with Crippen LogP contribution >= 0.6 is 0 Å². The van der Waals surface area contributed by atoms with Gasteiger partial charge in [-0.1, -0.05) is 31.2 Å². The first kappa shape index (κ1) is 19.9. The number of nitrogens with zero attached hydrogens (tertiary/aromatic N) is 3. The summed E-state index contributed by atoms with van der Waals surface area (Å²) in [5.41, 5.74) is 1.99. The highest BCUT2D eigenvalue weighted by atomic mass is 16.5. The van der Waals surface area contributed by atoms with Gasteiger partial charge in [-0.25, -0.2) is 0 Å². The minimum Gasteiger partial charge on any atom is -0.491 e. The van der Waals surface area contributed by atoms with Crippen molar-refractivity contribution in [1.29, 1.82) is 0 Å². The van der Waals surface area contributed by atoms with Crippen molar-refractivity contribution in [3.05, 3.63) is 59.9 Å². The number of ether oxygens (including phenoxy) is 1. The molecule has 1 fully saturated rings. The molecule has 2 amide bonds. The second-order valence-electron chi connectivity index (χ2n) is 7.07. The number of aromatic nitrogens is 1. The van der Waals surface area contributed by atoms with E-state index in [2.05, 4.69) is 11.9 Å². The van der Waals surface area contributed by atoms with Gasteiger partial charge in [0.15, 0.2) is 0 Å². The molecule has 0 N–H and O–H groups in total. The average molecular weight is 381 g/mol. The van der Waals surface area contributed by atoms with Gasteiger partial charge in [0, 0.05) is 26.2 Å². The monoisotopic (exact) mass is 381 g/mol. The Morgan fingerprint density at radius 1 is 1.25 bits per heavy atom. The first-order valence-electron chi connectivity index (χ1n) is 9.71. The van der Waals surface area contributed by atoms with Crippen molar-refractivity contribution in [2.45, 2.75) is 26.3 Å². The predicted octanol–water partition coefficient (Wildman–Crippen LogP) is 2.53. The van der Waals surface area contributed by atoms with Crippen molar-refractivity contribution in [2.24, 2.45) is 5.92 Å². The van der Waals surface area contributed by atoms with Gasteiger partial charge in [-0.05, 0) is 30.2 Å². The highest BCUT2D eigenvalue weighted by Crippen LogP contribution is 2.22. The average Bonchev–Trinajstić information content (AvgIpc) is 3.08. The SMILES string of the molecule is CCc1ccccc1OCCN(C)C(=O)C1CC(=O)N(Cc2ccccn2)C1. The summed E-state index contributed by atoms with van der Waals surface area (Å²) in [6.07, 6.45) is 2.87. The lowest BCUT2D eigenvalue weighted by Gasteiger charge is -2.22. The van der Waals surface area contributed by atoms with E-state index in [1.807, 2.05) is 42.5 Å².